The number of carbonyl (C=O) groups is 2. The third-order valence-electron chi connectivity index (χ3n) is 3.77. The zero-order chi connectivity index (χ0) is 18.0. The Labute approximate surface area is 155 Å². The second-order valence-electron chi connectivity index (χ2n) is 5.62. The van der Waals surface area contributed by atoms with E-state index in [1.807, 2.05) is 31.2 Å². The molecule has 0 aromatic heterocycles. The van der Waals surface area contributed by atoms with Gasteiger partial charge in [0.2, 0.25) is 0 Å². The van der Waals surface area contributed by atoms with Crippen molar-refractivity contribution in [1.29, 1.82) is 0 Å². The lowest BCUT2D eigenvalue weighted by Gasteiger charge is -2.23. The first-order valence-electron chi connectivity index (χ1n) is 7.59. The minimum absolute atomic E-state index is 0.250. The van der Waals surface area contributed by atoms with Crippen LogP contribution in [0, 0.1) is 6.92 Å². The van der Waals surface area contributed by atoms with Crippen LogP contribution in [0.25, 0.3) is 6.08 Å². The number of rotatable bonds is 4. The Morgan fingerprint density at radius 3 is 2.56 bits per heavy atom. The van der Waals surface area contributed by atoms with E-state index in [1.54, 1.807) is 36.4 Å². The Bertz CT molecular complexity index is 877. The molecule has 0 radical (unpaired) electrons. The Balaban J connectivity index is 1.96. The molecule has 1 saturated heterocycles. The highest BCUT2D eigenvalue weighted by atomic mass is 32.2. The molecule has 1 amide bonds. The second kappa shape index (κ2) is 7.21. The summed E-state index contributed by atoms with van der Waals surface area (Å²) in [7, 11) is 0. The fraction of sp³-hybridized carbons (Fsp3) is 0.105. The predicted molar refractivity (Wildman–Crippen MR) is 103 cm³/mol. The molecule has 0 saturated carbocycles. The number of hydrogen-bond acceptors (Lipinski definition) is 4. The molecule has 2 aromatic carbocycles. The van der Waals surface area contributed by atoms with E-state index in [0.29, 0.717) is 10.5 Å². The molecule has 25 heavy (non-hydrogen) atoms. The van der Waals surface area contributed by atoms with Crippen molar-refractivity contribution < 1.29 is 14.7 Å². The smallest absolute Gasteiger partial charge is 0.331 e. The van der Waals surface area contributed by atoms with Gasteiger partial charge in [0, 0.05) is 0 Å². The van der Waals surface area contributed by atoms with Crippen molar-refractivity contribution in [3.63, 3.8) is 0 Å². The number of thioether (sulfide) groups is 1. The number of benzene rings is 2. The molecule has 2 aromatic rings. The average molecular weight is 369 g/mol. The van der Waals surface area contributed by atoms with Crippen molar-refractivity contribution in [2.24, 2.45) is 0 Å². The Hall–Kier alpha value is -2.44. The maximum atomic E-state index is 12.8. The van der Waals surface area contributed by atoms with Crippen LogP contribution >= 0.6 is 24.0 Å². The minimum Gasteiger partial charge on any atom is -0.479 e. The van der Waals surface area contributed by atoms with E-state index in [-0.39, 0.29) is 10.2 Å². The molecule has 1 N–H and O–H groups in total. The first-order chi connectivity index (χ1) is 12.0. The van der Waals surface area contributed by atoms with Crippen LogP contribution in [0.15, 0.2) is 59.5 Å². The van der Waals surface area contributed by atoms with Crippen molar-refractivity contribution in [3.8, 4) is 0 Å². The van der Waals surface area contributed by atoms with Crippen LogP contribution in [0.3, 0.4) is 0 Å². The van der Waals surface area contributed by atoms with Crippen LogP contribution in [-0.4, -0.2) is 26.2 Å². The van der Waals surface area contributed by atoms with E-state index in [1.165, 1.54) is 4.90 Å². The van der Waals surface area contributed by atoms with Gasteiger partial charge in [0.15, 0.2) is 6.04 Å². The number of aliphatic carboxylic acids is 1. The highest BCUT2D eigenvalue weighted by molar-refractivity contribution is 8.26. The van der Waals surface area contributed by atoms with Crippen LogP contribution < -0.4 is 0 Å². The second-order valence-corrected chi connectivity index (χ2v) is 7.29. The fourth-order valence-corrected chi connectivity index (χ4v) is 3.96. The number of carboxylic acids is 1. The summed E-state index contributed by atoms with van der Waals surface area (Å²) in [6.07, 6.45) is 1.75. The maximum Gasteiger partial charge on any atom is 0.331 e. The standard InChI is InChI=1S/C19H15NO3S2/c1-12-6-5-7-13(10-12)11-15-17(21)20(19(24)25-15)16(18(22)23)14-8-3-2-4-9-14/h2-11,16H,1H3,(H,22,23)/b15-11-/t16-/m1/s1. The van der Waals surface area contributed by atoms with Gasteiger partial charge in [-0.25, -0.2) is 4.79 Å². The van der Waals surface area contributed by atoms with Gasteiger partial charge in [0.05, 0.1) is 4.91 Å². The summed E-state index contributed by atoms with van der Waals surface area (Å²) in [4.78, 5) is 26.2. The number of amides is 1. The Kier molecular flexibility index (Phi) is 5.01. The zero-order valence-corrected chi connectivity index (χ0v) is 15.0. The van der Waals surface area contributed by atoms with E-state index in [2.05, 4.69) is 0 Å². The lowest BCUT2D eigenvalue weighted by Crippen LogP contribution is -2.37. The van der Waals surface area contributed by atoms with E-state index in [4.69, 9.17) is 12.2 Å². The van der Waals surface area contributed by atoms with Gasteiger partial charge in [-0.3, -0.25) is 9.69 Å². The molecule has 3 rings (SSSR count). The number of aryl methyl sites for hydroxylation is 1. The highest BCUT2D eigenvalue weighted by Crippen LogP contribution is 2.38. The monoisotopic (exact) mass is 369 g/mol. The largest absolute Gasteiger partial charge is 0.479 e. The number of thiocarbonyl (C=S) groups is 1. The first-order valence-corrected chi connectivity index (χ1v) is 8.81. The lowest BCUT2D eigenvalue weighted by atomic mass is 10.1. The summed E-state index contributed by atoms with van der Waals surface area (Å²) in [5.74, 6) is -1.49. The SMILES string of the molecule is Cc1cccc(/C=C2\SC(=S)N([C@@H](C(=O)O)c3ccccc3)C2=O)c1. The predicted octanol–water partition coefficient (Wildman–Crippen LogP) is 4.02. The molecule has 0 unspecified atom stereocenters. The summed E-state index contributed by atoms with van der Waals surface area (Å²) in [6.45, 7) is 1.97. The van der Waals surface area contributed by atoms with Crippen LogP contribution in [0.5, 0.6) is 0 Å². The summed E-state index contributed by atoms with van der Waals surface area (Å²) in [5, 5.41) is 9.65. The highest BCUT2D eigenvalue weighted by Gasteiger charge is 2.41. The van der Waals surface area contributed by atoms with Crippen LogP contribution in [-0.2, 0) is 9.59 Å². The molecule has 126 valence electrons. The molecule has 1 fully saturated rings. The van der Waals surface area contributed by atoms with Crippen molar-refractivity contribution >= 4 is 46.3 Å². The number of hydrogen-bond donors (Lipinski definition) is 1. The lowest BCUT2D eigenvalue weighted by molar-refractivity contribution is -0.145. The van der Waals surface area contributed by atoms with E-state index >= 15 is 0 Å². The number of carbonyl (C=O) groups excluding carboxylic acids is 1. The summed E-state index contributed by atoms with van der Waals surface area (Å²) >= 11 is 6.42. The minimum atomic E-state index is -1.13. The van der Waals surface area contributed by atoms with Gasteiger partial charge in [-0.2, -0.15) is 0 Å². The summed E-state index contributed by atoms with van der Waals surface area (Å²) in [5.41, 5.74) is 2.48. The van der Waals surface area contributed by atoms with Crippen LogP contribution in [0.1, 0.15) is 22.7 Å². The third kappa shape index (κ3) is 3.65. The van der Waals surface area contributed by atoms with E-state index in [9.17, 15) is 14.7 Å². The third-order valence-corrected chi connectivity index (χ3v) is 5.10. The molecular weight excluding hydrogens is 354 g/mol. The van der Waals surface area contributed by atoms with Crippen molar-refractivity contribution in [2.75, 3.05) is 0 Å². The van der Waals surface area contributed by atoms with Gasteiger partial charge in [-0.1, -0.05) is 84.1 Å². The molecule has 0 aliphatic carbocycles. The Morgan fingerprint density at radius 1 is 1.20 bits per heavy atom. The molecule has 6 heteroatoms. The zero-order valence-electron chi connectivity index (χ0n) is 13.4. The van der Waals surface area contributed by atoms with Crippen molar-refractivity contribution in [2.45, 2.75) is 13.0 Å². The first kappa shape index (κ1) is 17.4. The number of nitrogens with zero attached hydrogens (tertiary/aromatic N) is 1. The molecule has 0 bridgehead atoms. The molecular formula is C19H15NO3S2. The molecule has 1 heterocycles. The summed E-state index contributed by atoms with van der Waals surface area (Å²) < 4.78 is 0.250. The van der Waals surface area contributed by atoms with Gasteiger partial charge in [0.1, 0.15) is 4.32 Å². The van der Waals surface area contributed by atoms with Gasteiger partial charge in [-0.15, -0.1) is 0 Å². The Morgan fingerprint density at radius 2 is 1.92 bits per heavy atom. The topological polar surface area (TPSA) is 57.6 Å². The fourth-order valence-electron chi connectivity index (χ4n) is 2.65. The van der Waals surface area contributed by atoms with E-state index in [0.717, 1.165) is 22.9 Å². The summed E-state index contributed by atoms with van der Waals surface area (Å²) in [6, 6.07) is 15.2. The normalized spacial score (nSPS) is 17.2. The van der Waals surface area contributed by atoms with Crippen molar-refractivity contribution in [3.05, 3.63) is 76.2 Å². The molecule has 4 nitrogen and oxygen atoms in total. The van der Waals surface area contributed by atoms with Gasteiger partial charge in [0.25, 0.3) is 5.91 Å². The average Bonchev–Trinajstić information content (AvgIpc) is 2.84. The number of carboxylic acid groups (broad SMARTS) is 1. The van der Waals surface area contributed by atoms with Gasteiger partial charge >= 0.3 is 5.97 Å². The van der Waals surface area contributed by atoms with Crippen molar-refractivity contribution in [1.82, 2.24) is 4.90 Å². The quantitative estimate of drug-likeness (QED) is 0.651. The molecule has 0 spiro atoms. The molecule has 1 atom stereocenters. The van der Waals surface area contributed by atoms with E-state index < -0.39 is 12.0 Å². The van der Waals surface area contributed by atoms with Gasteiger partial charge < -0.3 is 5.11 Å². The maximum absolute atomic E-state index is 12.8. The molecule has 1 aliphatic heterocycles. The molecule has 1 aliphatic rings. The van der Waals surface area contributed by atoms with Crippen LogP contribution in [0.4, 0.5) is 0 Å². The van der Waals surface area contributed by atoms with Gasteiger partial charge in [-0.05, 0) is 24.1 Å². The van der Waals surface area contributed by atoms with Crippen LogP contribution in [0.2, 0.25) is 0 Å².